The lowest BCUT2D eigenvalue weighted by Crippen LogP contribution is -2.43. The first-order chi connectivity index (χ1) is 15.5. The summed E-state index contributed by atoms with van der Waals surface area (Å²) in [5.74, 6) is -3.65. The number of carbonyl (C=O) groups excluding carboxylic acids is 2. The van der Waals surface area contributed by atoms with Crippen molar-refractivity contribution in [2.24, 2.45) is 0 Å². The molecule has 33 heavy (non-hydrogen) atoms. The average Bonchev–Trinajstić information content (AvgIpc) is 3.21. The van der Waals surface area contributed by atoms with Gasteiger partial charge in [0.25, 0.3) is 5.91 Å². The Morgan fingerprint density at radius 2 is 1.67 bits per heavy atom. The van der Waals surface area contributed by atoms with Crippen LogP contribution in [0, 0.1) is 17.5 Å². The number of rotatable bonds is 7. The first-order valence-corrected chi connectivity index (χ1v) is 10.0. The molecule has 3 aromatic rings. The number of aliphatic hydroxyl groups is 1. The number of carbonyl (C=O) groups is 2. The highest BCUT2D eigenvalue weighted by molar-refractivity contribution is 5.97. The standard InChI is InChI=1S/C23H23F3N4O3/c1-12(27-22(33)20(31)13-7-16(25)10-17(26)8-13)21(32)28-19-11-18(29-30-19)23(2,3)14-5-4-6-15(24)9-14/h4-12,20,31H,1-3H3,(H,27,33)(H2,28,29,30,32)/t12-,20-/m0/s1. The molecule has 0 aliphatic carbocycles. The third-order valence-corrected chi connectivity index (χ3v) is 5.22. The smallest absolute Gasteiger partial charge is 0.254 e. The maximum atomic E-state index is 13.6. The van der Waals surface area contributed by atoms with Gasteiger partial charge in [-0.05, 0) is 42.3 Å². The summed E-state index contributed by atoms with van der Waals surface area (Å²) in [4.78, 5) is 24.7. The molecule has 7 nitrogen and oxygen atoms in total. The largest absolute Gasteiger partial charge is 0.378 e. The molecule has 4 N–H and O–H groups in total. The highest BCUT2D eigenvalue weighted by Gasteiger charge is 2.28. The van der Waals surface area contributed by atoms with E-state index in [0.29, 0.717) is 17.3 Å². The zero-order valence-electron chi connectivity index (χ0n) is 18.1. The van der Waals surface area contributed by atoms with Crippen molar-refractivity contribution in [3.8, 4) is 0 Å². The van der Waals surface area contributed by atoms with Crippen molar-refractivity contribution in [1.82, 2.24) is 15.5 Å². The Bertz CT molecular complexity index is 1160. The molecule has 0 saturated heterocycles. The normalized spacial score (nSPS) is 13.3. The lowest BCUT2D eigenvalue weighted by Gasteiger charge is -2.22. The Kier molecular flexibility index (Phi) is 6.87. The number of benzene rings is 2. The van der Waals surface area contributed by atoms with Gasteiger partial charge in [-0.25, -0.2) is 13.2 Å². The van der Waals surface area contributed by atoms with Gasteiger partial charge in [0.15, 0.2) is 6.10 Å². The Morgan fingerprint density at radius 3 is 2.30 bits per heavy atom. The number of halogens is 3. The molecule has 0 spiro atoms. The molecule has 0 bridgehead atoms. The van der Waals surface area contributed by atoms with Gasteiger partial charge >= 0.3 is 0 Å². The molecule has 0 unspecified atom stereocenters. The van der Waals surface area contributed by atoms with Crippen molar-refractivity contribution < 1.29 is 27.9 Å². The lowest BCUT2D eigenvalue weighted by atomic mass is 9.81. The Hall–Kier alpha value is -3.66. The first-order valence-electron chi connectivity index (χ1n) is 10.0. The molecular formula is C23H23F3N4O3. The molecule has 0 fully saturated rings. The fourth-order valence-corrected chi connectivity index (χ4v) is 3.21. The van der Waals surface area contributed by atoms with Crippen LogP contribution in [0.15, 0.2) is 48.5 Å². The molecular weight excluding hydrogens is 437 g/mol. The van der Waals surface area contributed by atoms with Crippen molar-refractivity contribution in [3.05, 3.63) is 82.8 Å². The summed E-state index contributed by atoms with van der Waals surface area (Å²) < 4.78 is 40.3. The van der Waals surface area contributed by atoms with E-state index in [0.717, 1.165) is 12.1 Å². The molecule has 10 heteroatoms. The molecule has 2 atom stereocenters. The Labute approximate surface area is 188 Å². The van der Waals surface area contributed by atoms with Crippen LogP contribution in [0.3, 0.4) is 0 Å². The van der Waals surface area contributed by atoms with E-state index < -0.39 is 41.0 Å². The van der Waals surface area contributed by atoms with E-state index in [1.807, 2.05) is 13.8 Å². The number of nitrogens with zero attached hydrogens (tertiary/aromatic N) is 1. The third-order valence-electron chi connectivity index (χ3n) is 5.22. The van der Waals surface area contributed by atoms with Crippen LogP contribution in [-0.2, 0) is 15.0 Å². The number of anilines is 1. The zero-order valence-corrected chi connectivity index (χ0v) is 18.1. The Balaban J connectivity index is 1.64. The minimum atomic E-state index is -1.86. The predicted octanol–water partition coefficient (Wildman–Crippen LogP) is 3.33. The molecule has 1 aromatic heterocycles. The summed E-state index contributed by atoms with van der Waals surface area (Å²) >= 11 is 0. The molecule has 0 radical (unpaired) electrons. The van der Waals surface area contributed by atoms with E-state index in [4.69, 9.17) is 0 Å². The molecule has 0 aliphatic heterocycles. The quantitative estimate of drug-likeness (QED) is 0.434. The van der Waals surface area contributed by atoms with E-state index in [-0.39, 0.29) is 17.2 Å². The minimum Gasteiger partial charge on any atom is -0.378 e. The van der Waals surface area contributed by atoms with E-state index in [1.54, 1.807) is 18.2 Å². The van der Waals surface area contributed by atoms with Gasteiger partial charge in [0.1, 0.15) is 29.3 Å². The van der Waals surface area contributed by atoms with Crippen LogP contribution in [-0.4, -0.2) is 33.2 Å². The summed E-state index contributed by atoms with van der Waals surface area (Å²) in [6, 6.07) is 8.86. The van der Waals surface area contributed by atoms with Gasteiger partial charge in [-0.3, -0.25) is 14.7 Å². The number of hydrogen-bond donors (Lipinski definition) is 4. The average molecular weight is 460 g/mol. The van der Waals surface area contributed by atoms with Gasteiger partial charge in [0, 0.05) is 17.5 Å². The van der Waals surface area contributed by atoms with Gasteiger partial charge < -0.3 is 15.7 Å². The second-order valence-corrected chi connectivity index (χ2v) is 8.13. The molecule has 174 valence electrons. The van der Waals surface area contributed by atoms with Crippen molar-refractivity contribution in [2.45, 2.75) is 38.3 Å². The van der Waals surface area contributed by atoms with Gasteiger partial charge in [-0.2, -0.15) is 5.10 Å². The van der Waals surface area contributed by atoms with Crippen molar-refractivity contribution in [3.63, 3.8) is 0 Å². The topological polar surface area (TPSA) is 107 Å². The summed E-state index contributed by atoms with van der Waals surface area (Å²) in [7, 11) is 0. The SMILES string of the molecule is C[C@H](NC(=O)[C@@H](O)c1cc(F)cc(F)c1)C(=O)Nc1cc(C(C)(C)c2cccc(F)c2)n[nH]1. The number of H-pyrrole nitrogens is 1. The van der Waals surface area contributed by atoms with E-state index in [1.165, 1.54) is 19.1 Å². The minimum absolute atomic E-state index is 0.244. The van der Waals surface area contributed by atoms with E-state index in [9.17, 15) is 27.9 Å². The zero-order chi connectivity index (χ0) is 24.3. The van der Waals surface area contributed by atoms with Crippen LogP contribution in [0.25, 0.3) is 0 Å². The highest BCUT2D eigenvalue weighted by Crippen LogP contribution is 2.31. The number of nitrogens with one attached hydrogen (secondary N) is 3. The second kappa shape index (κ2) is 9.45. The summed E-state index contributed by atoms with van der Waals surface area (Å²) in [6.07, 6.45) is -1.86. The fraction of sp³-hybridized carbons (Fsp3) is 0.261. The summed E-state index contributed by atoms with van der Waals surface area (Å²) in [5, 5.41) is 21.8. The van der Waals surface area contributed by atoms with Crippen LogP contribution in [0.4, 0.5) is 19.0 Å². The summed E-state index contributed by atoms with van der Waals surface area (Å²) in [5.41, 5.74) is 0.292. The Morgan fingerprint density at radius 1 is 1.00 bits per heavy atom. The van der Waals surface area contributed by atoms with Crippen LogP contribution in [0.5, 0.6) is 0 Å². The van der Waals surface area contributed by atoms with Crippen LogP contribution < -0.4 is 10.6 Å². The fourth-order valence-electron chi connectivity index (χ4n) is 3.21. The van der Waals surface area contributed by atoms with Gasteiger partial charge in [0.2, 0.25) is 5.91 Å². The predicted molar refractivity (Wildman–Crippen MR) is 115 cm³/mol. The van der Waals surface area contributed by atoms with E-state index in [2.05, 4.69) is 20.8 Å². The molecule has 1 heterocycles. The first kappa shape index (κ1) is 24.0. The maximum absolute atomic E-state index is 13.6. The van der Waals surface area contributed by atoms with Crippen molar-refractivity contribution in [2.75, 3.05) is 5.32 Å². The molecule has 0 aliphatic rings. The highest BCUT2D eigenvalue weighted by atomic mass is 19.1. The number of amides is 2. The van der Waals surface area contributed by atoms with Crippen LogP contribution in [0.2, 0.25) is 0 Å². The number of aromatic nitrogens is 2. The van der Waals surface area contributed by atoms with Crippen molar-refractivity contribution >= 4 is 17.6 Å². The van der Waals surface area contributed by atoms with Gasteiger partial charge in [0.05, 0.1) is 5.69 Å². The number of aromatic amines is 1. The molecule has 3 rings (SSSR count). The monoisotopic (exact) mass is 460 g/mol. The van der Waals surface area contributed by atoms with Crippen LogP contribution in [0.1, 0.15) is 43.7 Å². The van der Waals surface area contributed by atoms with Gasteiger partial charge in [-0.15, -0.1) is 0 Å². The van der Waals surface area contributed by atoms with E-state index >= 15 is 0 Å². The second-order valence-electron chi connectivity index (χ2n) is 8.13. The van der Waals surface area contributed by atoms with Gasteiger partial charge in [-0.1, -0.05) is 26.0 Å². The number of hydrogen-bond acceptors (Lipinski definition) is 4. The lowest BCUT2D eigenvalue weighted by molar-refractivity contribution is -0.132. The number of aliphatic hydroxyl groups excluding tert-OH is 1. The molecule has 2 aromatic carbocycles. The summed E-state index contributed by atoms with van der Waals surface area (Å²) in [6.45, 7) is 5.08. The molecule has 2 amide bonds. The maximum Gasteiger partial charge on any atom is 0.254 e. The van der Waals surface area contributed by atoms with Crippen molar-refractivity contribution in [1.29, 1.82) is 0 Å². The third kappa shape index (κ3) is 5.58. The molecule has 0 saturated carbocycles. The van der Waals surface area contributed by atoms with Crippen LogP contribution >= 0.6 is 0 Å².